The van der Waals surface area contributed by atoms with Gasteiger partial charge >= 0.3 is 5.69 Å². The Hall–Kier alpha value is -2.04. The van der Waals surface area contributed by atoms with E-state index in [1.165, 1.54) is 0 Å². The Balaban J connectivity index is 2.85. The Kier molecular flexibility index (Phi) is 2.29. The first-order chi connectivity index (χ1) is 7.22. The molecule has 2 N–H and O–H groups in total. The van der Waals surface area contributed by atoms with Crippen molar-refractivity contribution in [2.24, 2.45) is 0 Å². The van der Waals surface area contributed by atoms with E-state index in [0.717, 1.165) is 0 Å². The van der Waals surface area contributed by atoms with Crippen LogP contribution in [0.5, 0.6) is 5.75 Å². The number of hydrogen-bond acceptors (Lipinski definition) is 3. The van der Waals surface area contributed by atoms with Gasteiger partial charge in [-0.2, -0.15) is 0 Å². The van der Waals surface area contributed by atoms with Crippen molar-refractivity contribution < 1.29 is 4.74 Å². The van der Waals surface area contributed by atoms with Gasteiger partial charge in [0.2, 0.25) is 0 Å². The fourth-order valence-corrected chi connectivity index (χ4v) is 1.44. The predicted octanol–water partition coefficient (Wildman–Crippen LogP) is 0.615. The van der Waals surface area contributed by atoms with Gasteiger partial charge < -0.3 is 9.72 Å². The average Bonchev–Trinajstić information content (AvgIpc) is 2.19. The Morgan fingerprint density at radius 1 is 1.27 bits per heavy atom. The minimum absolute atomic E-state index is 0.407. The normalized spacial score (nSPS) is 10.5. The molecule has 0 bridgehead atoms. The lowest BCUT2D eigenvalue weighted by molar-refractivity contribution is 0.343. The molecule has 5 heteroatoms. The van der Waals surface area contributed by atoms with E-state index in [9.17, 15) is 9.59 Å². The van der Waals surface area contributed by atoms with E-state index in [2.05, 4.69) is 9.97 Å². The fraction of sp³-hybridized carbons (Fsp3) is 0.200. The summed E-state index contributed by atoms with van der Waals surface area (Å²) in [6, 6.07) is 5.05. The van der Waals surface area contributed by atoms with Crippen LogP contribution in [0, 0.1) is 0 Å². The van der Waals surface area contributed by atoms with Crippen molar-refractivity contribution in [3.63, 3.8) is 0 Å². The highest BCUT2D eigenvalue weighted by Crippen LogP contribution is 2.19. The molecule has 0 radical (unpaired) electrons. The number of hydrogen-bond donors (Lipinski definition) is 2. The summed E-state index contributed by atoms with van der Waals surface area (Å²) >= 11 is 0. The number of ether oxygens (including phenoxy) is 1. The molecule has 1 aromatic carbocycles. The second-order valence-corrected chi connectivity index (χ2v) is 3.02. The molecule has 0 aliphatic rings. The Morgan fingerprint density at radius 3 is 2.80 bits per heavy atom. The topological polar surface area (TPSA) is 75.0 Å². The van der Waals surface area contributed by atoms with E-state index in [4.69, 9.17) is 4.74 Å². The van der Waals surface area contributed by atoms with Crippen LogP contribution in [0.25, 0.3) is 10.9 Å². The van der Waals surface area contributed by atoms with Gasteiger partial charge in [0.05, 0.1) is 17.5 Å². The molecule has 1 heterocycles. The number of H-pyrrole nitrogens is 2. The Labute approximate surface area is 84.7 Å². The van der Waals surface area contributed by atoms with Crippen LogP contribution in [-0.4, -0.2) is 16.6 Å². The van der Waals surface area contributed by atoms with Crippen molar-refractivity contribution in [2.75, 3.05) is 6.61 Å². The zero-order valence-corrected chi connectivity index (χ0v) is 8.16. The first-order valence-electron chi connectivity index (χ1n) is 4.60. The first-order valence-corrected chi connectivity index (χ1v) is 4.60. The molecule has 0 saturated heterocycles. The van der Waals surface area contributed by atoms with Gasteiger partial charge in [-0.3, -0.25) is 9.78 Å². The highest BCUT2D eigenvalue weighted by atomic mass is 16.5. The van der Waals surface area contributed by atoms with E-state index < -0.39 is 11.2 Å². The number of rotatable bonds is 2. The molecule has 15 heavy (non-hydrogen) atoms. The van der Waals surface area contributed by atoms with Crippen LogP contribution in [-0.2, 0) is 0 Å². The molecule has 0 aliphatic heterocycles. The minimum Gasteiger partial charge on any atom is -0.492 e. The number of fused-ring (bicyclic) bond motifs is 1. The molecule has 0 saturated carbocycles. The van der Waals surface area contributed by atoms with E-state index in [1.807, 2.05) is 6.92 Å². The fourth-order valence-electron chi connectivity index (χ4n) is 1.44. The van der Waals surface area contributed by atoms with Crippen molar-refractivity contribution >= 4 is 10.9 Å². The summed E-state index contributed by atoms with van der Waals surface area (Å²) in [4.78, 5) is 27.2. The van der Waals surface area contributed by atoms with Gasteiger partial charge in [-0.25, -0.2) is 4.79 Å². The lowest BCUT2D eigenvalue weighted by Gasteiger charge is -2.05. The number of aromatic amines is 2. The third-order valence-corrected chi connectivity index (χ3v) is 2.04. The zero-order chi connectivity index (χ0) is 10.8. The lowest BCUT2D eigenvalue weighted by Crippen LogP contribution is -2.22. The molecule has 2 rings (SSSR count). The number of nitrogens with one attached hydrogen (secondary N) is 2. The molecular weight excluding hydrogens is 196 g/mol. The highest BCUT2D eigenvalue weighted by molar-refractivity contribution is 5.83. The van der Waals surface area contributed by atoms with Gasteiger partial charge in [-0.1, -0.05) is 6.07 Å². The predicted molar refractivity (Wildman–Crippen MR) is 56.4 cm³/mol. The van der Waals surface area contributed by atoms with Crippen LogP contribution in [0.1, 0.15) is 6.92 Å². The van der Waals surface area contributed by atoms with Crippen LogP contribution in [0.2, 0.25) is 0 Å². The van der Waals surface area contributed by atoms with Gasteiger partial charge in [-0.05, 0) is 19.1 Å². The van der Waals surface area contributed by atoms with Crippen molar-refractivity contribution in [1.82, 2.24) is 9.97 Å². The van der Waals surface area contributed by atoms with Crippen molar-refractivity contribution in [2.45, 2.75) is 6.92 Å². The second kappa shape index (κ2) is 3.61. The molecule has 0 aliphatic carbocycles. The molecule has 1 aromatic heterocycles. The van der Waals surface area contributed by atoms with Gasteiger partial charge in [0.15, 0.2) is 0 Å². The maximum absolute atomic E-state index is 11.4. The monoisotopic (exact) mass is 206 g/mol. The van der Waals surface area contributed by atoms with Gasteiger partial charge in [-0.15, -0.1) is 0 Å². The molecule has 0 amide bonds. The molecule has 0 atom stereocenters. The van der Waals surface area contributed by atoms with E-state index in [0.29, 0.717) is 23.3 Å². The van der Waals surface area contributed by atoms with Gasteiger partial charge in [0.1, 0.15) is 5.75 Å². The summed E-state index contributed by atoms with van der Waals surface area (Å²) in [5, 5.41) is 0.417. The molecular formula is C10H10N2O3. The summed E-state index contributed by atoms with van der Waals surface area (Å²) in [5.41, 5.74) is -0.497. The van der Waals surface area contributed by atoms with E-state index in [-0.39, 0.29) is 0 Å². The summed E-state index contributed by atoms with van der Waals surface area (Å²) in [7, 11) is 0. The van der Waals surface area contributed by atoms with Crippen molar-refractivity contribution in [3.05, 3.63) is 39.0 Å². The third kappa shape index (κ3) is 1.63. The lowest BCUT2D eigenvalue weighted by atomic mass is 10.2. The Bertz CT molecular complexity index is 597. The number of para-hydroxylation sites is 1. The van der Waals surface area contributed by atoms with Crippen LogP contribution < -0.4 is 16.0 Å². The molecule has 0 fully saturated rings. The van der Waals surface area contributed by atoms with Crippen LogP contribution in [0.3, 0.4) is 0 Å². The zero-order valence-electron chi connectivity index (χ0n) is 8.16. The smallest absolute Gasteiger partial charge is 0.326 e. The molecule has 2 aromatic rings. The maximum Gasteiger partial charge on any atom is 0.326 e. The summed E-state index contributed by atoms with van der Waals surface area (Å²) < 4.78 is 5.31. The Morgan fingerprint density at radius 2 is 2.07 bits per heavy atom. The molecule has 0 unspecified atom stereocenters. The molecule has 5 nitrogen and oxygen atoms in total. The largest absolute Gasteiger partial charge is 0.492 e. The van der Waals surface area contributed by atoms with E-state index >= 15 is 0 Å². The summed E-state index contributed by atoms with van der Waals surface area (Å²) in [5.74, 6) is 0.512. The number of benzene rings is 1. The van der Waals surface area contributed by atoms with Crippen molar-refractivity contribution in [3.8, 4) is 5.75 Å². The summed E-state index contributed by atoms with van der Waals surface area (Å²) in [6.45, 7) is 2.32. The minimum atomic E-state index is -0.528. The van der Waals surface area contributed by atoms with Crippen LogP contribution >= 0.6 is 0 Å². The standard InChI is InChI=1S/C10H10N2O3/c1-2-15-7-5-3-4-6-8(7)11-10(14)12-9(6)13/h3-5H,2H2,1H3,(H2,11,12,13,14). The van der Waals surface area contributed by atoms with Crippen molar-refractivity contribution in [1.29, 1.82) is 0 Å². The summed E-state index contributed by atoms with van der Waals surface area (Å²) in [6.07, 6.45) is 0. The molecule has 78 valence electrons. The average molecular weight is 206 g/mol. The SMILES string of the molecule is CCOc1cccc2c(=O)[nH]c(=O)[nH]c12. The van der Waals surface area contributed by atoms with Crippen LogP contribution in [0.15, 0.2) is 27.8 Å². The number of aromatic nitrogens is 2. The van der Waals surface area contributed by atoms with Crippen LogP contribution in [0.4, 0.5) is 0 Å². The highest BCUT2D eigenvalue weighted by Gasteiger charge is 2.05. The van der Waals surface area contributed by atoms with E-state index in [1.54, 1.807) is 18.2 Å². The third-order valence-electron chi connectivity index (χ3n) is 2.04. The van der Waals surface area contributed by atoms with Gasteiger partial charge in [0, 0.05) is 0 Å². The first kappa shape index (κ1) is 9.51. The van der Waals surface area contributed by atoms with Gasteiger partial charge in [0.25, 0.3) is 5.56 Å². The molecule has 0 spiro atoms. The quantitative estimate of drug-likeness (QED) is 0.756. The maximum atomic E-state index is 11.4. The second-order valence-electron chi connectivity index (χ2n) is 3.02.